The third-order valence-corrected chi connectivity index (χ3v) is 6.33. The lowest BCUT2D eigenvalue weighted by Gasteiger charge is -2.49. The number of aromatic nitrogens is 3. The van der Waals surface area contributed by atoms with E-state index in [0.29, 0.717) is 26.1 Å². The molecule has 2 aromatic heterocycles. The van der Waals surface area contributed by atoms with E-state index in [1.54, 1.807) is 37.1 Å². The highest BCUT2D eigenvalue weighted by Gasteiger charge is 2.42. The molecule has 4 heterocycles. The largest absolute Gasteiger partial charge is 0.364 e. The molecule has 5 rings (SSSR count). The Hall–Kier alpha value is -4.08. The Balaban J connectivity index is 1.43. The van der Waals surface area contributed by atoms with Crippen LogP contribution >= 0.6 is 0 Å². The maximum absolute atomic E-state index is 13.4. The van der Waals surface area contributed by atoms with E-state index in [-0.39, 0.29) is 23.6 Å². The lowest BCUT2D eigenvalue weighted by atomic mass is 9.83. The number of nitrogens with one attached hydrogen (secondary N) is 1. The van der Waals surface area contributed by atoms with Gasteiger partial charge >= 0.3 is 0 Å². The topological polar surface area (TPSA) is 117 Å². The van der Waals surface area contributed by atoms with Crippen molar-refractivity contribution < 1.29 is 9.72 Å². The molecule has 2 atom stereocenters. The zero-order valence-corrected chi connectivity index (χ0v) is 17.9. The van der Waals surface area contributed by atoms with E-state index in [1.165, 1.54) is 6.07 Å². The van der Waals surface area contributed by atoms with Crippen LogP contribution in [0.1, 0.15) is 11.1 Å². The first-order chi connectivity index (χ1) is 16.1. The molecule has 168 valence electrons. The number of pyridine rings is 1. The molecule has 0 aliphatic carbocycles. The molecular formula is C23H23N7O3. The first-order valence-corrected chi connectivity index (χ1v) is 10.8. The van der Waals surface area contributed by atoms with Crippen molar-refractivity contribution >= 4 is 23.1 Å². The van der Waals surface area contributed by atoms with Gasteiger partial charge in [-0.3, -0.25) is 24.9 Å². The average Bonchev–Trinajstić information content (AvgIpc) is 2.87. The predicted molar refractivity (Wildman–Crippen MR) is 122 cm³/mol. The van der Waals surface area contributed by atoms with Crippen LogP contribution in [0.3, 0.4) is 0 Å². The first-order valence-electron chi connectivity index (χ1n) is 10.8. The van der Waals surface area contributed by atoms with E-state index in [4.69, 9.17) is 0 Å². The van der Waals surface area contributed by atoms with Gasteiger partial charge in [0.2, 0.25) is 5.91 Å². The second kappa shape index (κ2) is 8.81. The van der Waals surface area contributed by atoms with Crippen LogP contribution in [0.2, 0.25) is 0 Å². The molecule has 1 amide bonds. The molecule has 0 unspecified atom stereocenters. The molecule has 0 spiro atoms. The second-order valence-corrected chi connectivity index (χ2v) is 8.22. The van der Waals surface area contributed by atoms with Gasteiger partial charge in [-0.05, 0) is 35.7 Å². The van der Waals surface area contributed by atoms with E-state index in [0.717, 1.165) is 29.2 Å². The number of nitro benzene ring substituents is 1. The Morgan fingerprint density at radius 2 is 1.97 bits per heavy atom. The third kappa shape index (κ3) is 4.19. The molecule has 33 heavy (non-hydrogen) atoms. The number of nitro groups is 1. The minimum absolute atomic E-state index is 0.0429. The molecule has 3 aromatic rings. The van der Waals surface area contributed by atoms with Gasteiger partial charge in [-0.15, -0.1) is 0 Å². The smallest absolute Gasteiger partial charge is 0.269 e. The van der Waals surface area contributed by atoms with Crippen LogP contribution in [-0.2, 0) is 17.8 Å². The Labute approximate surface area is 190 Å². The highest BCUT2D eigenvalue weighted by Crippen LogP contribution is 2.38. The summed E-state index contributed by atoms with van der Waals surface area (Å²) >= 11 is 0. The van der Waals surface area contributed by atoms with Gasteiger partial charge in [0.05, 0.1) is 23.1 Å². The van der Waals surface area contributed by atoms with Crippen molar-refractivity contribution in [3.8, 4) is 0 Å². The number of nitrogens with zero attached hydrogens (tertiary/aromatic N) is 6. The number of carbonyl (C=O) groups is 1. The van der Waals surface area contributed by atoms with Crippen molar-refractivity contribution in [3.05, 3.63) is 82.6 Å². The highest BCUT2D eigenvalue weighted by atomic mass is 16.6. The van der Waals surface area contributed by atoms with Crippen LogP contribution in [0.5, 0.6) is 0 Å². The van der Waals surface area contributed by atoms with Crippen LogP contribution in [-0.4, -0.2) is 51.5 Å². The van der Waals surface area contributed by atoms with E-state index < -0.39 is 4.92 Å². The fraction of sp³-hybridized carbons (Fsp3) is 0.304. The fourth-order valence-corrected chi connectivity index (χ4v) is 4.71. The SMILES string of the molecule is O=C(NCc1ccncc1)[C@@H]1Cc2cc([N+](=O)[O-])ccc2N2CCN(c3cnccn3)C[C@@H]12. The Morgan fingerprint density at radius 1 is 1.12 bits per heavy atom. The van der Waals surface area contributed by atoms with Crippen molar-refractivity contribution in [2.24, 2.45) is 5.92 Å². The summed E-state index contributed by atoms with van der Waals surface area (Å²) in [6, 6.07) is 8.58. The van der Waals surface area contributed by atoms with Crippen molar-refractivity contribution in [1.82, 2.24) is 20.3 Å². The standard InChI is InChI=1S/C23H23N7O3/c31-23(27-13-16-3-5-24-6-4-16)19-12-17-11-18(30(32)33)1-2-20(17)29-10-9-28(15-21(19)29)22-14-25-7-8-26-22/h1-8,11,14,19,21H,9-10,12-13,15H2,(H,27,31)/t19-,21+/m1/s1. The second-order valence-electron chi connectivity index (χ2n) is 8.22. The van der Waals surface area contributed by atoms with E-state index in [9.17, 15) is 14.9 Å². The molecular weight excluding hydrogens is 422 g/mol. The summed E-state index contributed by atoms with van der Waals surface area (Å²) in [7, 11) is 0. The summed E-state index contributed by atoms with van der Waals surface area (Å²) in [5.41, 5.74) is 2.80. The molecule has 1 fully saturated rings. The number of rotatable bonds is 5. The van der Waals surface area contributed by atoms with Crippen molar-refractivity contribution in [3.63, 3.8) is 0 Å². The quantitative estimate of drug-likeness (QED) is 0.468. The zero-order chi connectivity index (χ0) is 22.8. The molecule has 10 heteroatoms. The zero-order valence-electron chi connectivity index (χ0n) is 17.9. The Morgan fingerprint density at radius 3 is 2.73 bits per heavy atom. The van der Waals surface area contributed by atoms with Gasteiger partial charge in [0, 0.05) is 68.8 Å². The van der Waals surface area contributed by atoms with Gasteiger partial charge in [0.15, 0.2) is 0 Å². The van der Waals surface area contributed by atoms with Gasteiger partial charge in [-0.2, -0.15) is 0 Å². The number of anilines is 2. The van der Waals surface area contributed by atoms with Crippen LogP contribution in [0.25, 0.3) is 0 Å². The monoisotopic (exact) mass is 445 g/mol. The summed E-state index contributed by atoms with van der Waals surface area (Å²) < 4.78 is 0. The van der Waals surface area contributed by atoms with Gasteiger partial charge in [0.25, 0.3) is 5.69 Å². The Bertz CT molecular complexity index is 1160. The van der Waals surface area contributed by atoms with Crippen molar-refractivity contribution in [2.75, 3.05) is 29.4 Å². The molecule has 10 nitrogen and oxygen atoms in total. The van der Waals surface area contributed by atoms with E-state index >= 15 is 0 Å². The highest BCUT2D eigenvalue weighted by molar-refractivity contribution is 5.82. The maximum Gasteiger partial charge on any atom is 0.269 e. The maximum atomic E-state index is 13.4. The molecule has 1 N–H and O–H groups in total. The number of piperazine rings is 1. The molecule has 1 saturated heterocycles. The minimum atomic E-state index is -0.392. The van der Waals surface area contributed by atoms with Gasteiger partial charge in [0.1, 0.15) is 5.82 Å². The van der Waals surface area contributed by atoms with Gasteiger partial charge < -0.3 is 15.1 Å². The predicted octanol–water partition coefficient (Wildman–Crippen LogP) is 1.96. The van der Waals surface area contributed by atoms with Gasteiger partial charge in [-0.1, -0.05) is 0 Å². The average molecular weight is 445 g/mol. The number of fused-ring (bicyclic) bond motifs is 3. The molecule has 1 aromatic carbocycles. The van der Waals surface area contributed by atoms with Crippen molar-refractivity contribution in [1.29, 1.82) is 0 Å². The van der Waals surface area contributed by atoms with Crippen LogP contribution in [0.15, 0.2) is 61.3 Å². The van der Waals surface area contributed by atoms with Gasteiger partial charge in [-0.25, -0.2) is 4.98 Å². The number of benzene rings is 1. The normalized spacial score (nSPS) is 19.4. The summed E-state index contributed by atoms with van der Waals surface area (Å²) in [6.07, 6.45) is 8.86. The molecule has 2 aliphatic rings. The molecule has 2 aliphatic heterocycles. The minimum Gasteiger partial charge on any atom is -0.364 e. The number of hydrogen-bond acceptors (Lipinski definition) is 8. The fourth-order valence-electron chi connectivity index (χ4n) is 4.71. The van der Waals surface area contributed by atoms with E-state index in [2.05, 4.69) is 30.1 Å². The lowest BCUT2D eigenvalue weighted by Crippen LogP contribution is -2.61. The number of non-ortho nitro benzene ring substituents is 1. The summed E-state index contributed by atoms with van der Waals surface area (Å²) in [5.74, 6) is 0.350. The lowest BCUT2D eigenvalue weighted by molar-refractivity contribution is -0.384. The van der Waals surface area contributed by atoms with E-state index in [1.807, 2.05) is 18.2 Å². The number of amides is 1. The van der Waals surface area contributed by atoms with Crippen LogP contribution < -0.4 is 15.1 Å². The molecule has 0 radical (unpaired) electrons. The summed E-state index contributed by atoms with van der Waals surface area (Å²) in [5, 5.41) is 14.4. The number of hydrogen-bond donors (Lipinski definition) is 1. The van der Waals surface area contributed by atoms with Crippen LogP contribution in [0.4, 0.5) is 17.2 Å². The summed E-state index contributed by atoms with van der Waals surface area (Å²) in [4.78, 5) is 41.3. The summed E-state index contributed by atoms with van der Waals surface area (Å²) in [6.45, 7) is 2.42. The number of carbonyl (C=O) groups excluding carboxylic acids is 1. The Kier molecular flexibility index (Phi) is 5.55. The van der Waals surface area contributed by atoms with Crippen molar-refractivity contribution in [2.45, 2.75) is 19.0 Å². The third-order valence-electron chi connectivity index (χ3n) is 6.33. The van der Waals surface area contributed by atoms with Crippen LogP contribution in [0, 0.1) is 16.0 Å². The first kappa shape index (κ1) is 20.8. The molecule has 0 saturated carbocycles. The molecule has 0 bridgehead atoms.